The van der Waals surface area contributed by atoms with Gasteiger partial charge in [0.15, 0.2) is 0 Å². The third-order valence-corrected chi connectivity index (χ3v) is 1.68. The fraction of sp³-hybridized carbons (Fsp3) is 0.778. The van der Waals surface area contributed by atoms with Crippen molar-refractivity contribution in [1.29, 1.82) is 0 Å². The second-order valence-corrected chi connectivity index (χ2v) is 9.23. The highest BCUT2D eigenvalue weighted by atomic mass is 28.4. The molecule has 0 bridgehead atoms. The van der Waals surface area contributed by atoms with Crippen LogP contribution in [0.4, 0.5) is 0 Å². The van der Waals surface area contributed by atoms with E-state index < -0.39 is 8.32 Å². The molecule has 0 aliphatic carbocycles. The first-order valence-corrected chi connectivity index (χ1v) is 7.58. The monoisotopic (exact) mass is 188 g/mol. The summed E-state index contributed by atoms with van der Waals surface area (Å²) < 4.78 is 11.0. The molecule has 0 aromatic rings. The summed E-state index contributed by atoms with van der Waals surface area (Å²) in [6, 6.07) is 0. The van der Waals surface area contributed by atoms with E-state index >= 15 is 0 Å². The molecule has 0 rings (SSSR count). The maximum Gasteiger partial charge on any atom is 0.258 e. The minimum Gasteiger partial charge on any atom is -0.520 e. The third-order valence-electron chi connectivity index (χ3n) is 0.840. The van der Waals surface area contributed by atoms with Gasteiger partial charge < -0.3 is 9.16 Å². The SMILES string of the molecule is C=C(OC(C)(C)C)O[Si](C)(C)C. The lowest BCUT2D eigenvalue weighted by atomic mass is 10.2. The van der Waals surface area contributed by atoms with Crippen molar-refractivity contribution in [3.8, 4) is 0 Å². The van der Waals surface area contributed by atoms with Crippen molar-refractivity contribution in [3.63, 3.8) is 0 Å². The van der Waals surface area contributed by atoms with Gasteiger partial charge >= 0.3 is 0 Å². The first-order valence-electron chi connectivity index (χ1n) is 4.17. The Hall–Kier alpha value is -0.443. The van der Waals surface area contributed by atoms with E-state index in [1.807, 2.05) is 20.8 Å². The minimum absolute atomic E-state index is 0.212. The van der Waals surface area contributed by atoms with Crippen LogP contribution in [0.5, 0.6) is 0 Å². The van der Waals surface area contributed by atoms with Crippen molar-refractivity contribution in [3.05, 3.63) is 12.5 Å². The minimum atomic E-state index is -1.54. The topological polar surface area (TPSA) is 18.5 Å². The summed E-state index contributed by atoms with van der Waals surface area (Å²) in [6.45, 7) is 16.0. The van der Waals surface area contributed by atoms with Crippen LogP contribution >= 0.6 is 0 Å². The second kappa shape index (κ2) is 3.52. The van der Waals surface area contributed by atoms with Crippen molar-refractivity contribution in [1.82, 2.24) is 0 Å². The van der Waals surface area contributed by atoms with E-state index in [2.05, 4.69) is 26.2 Å². The van der Waals surface area contributed by atoms with E-state index in [9.17, 15) is 0 Å². The molecule has 0 aromatic carbocycles. The maximum atomic E-state index is 5.54. The van der Waals surface area contributed by atoms with Gasteiger partial charge in [-0.2, -0.15) is 0 Å². The molecule has 0 spiro atoms. The van der Waals surface area contributed by atoms with Crippen LogP contribution in [-0.2, 0) is 9.16 Å². The molecular weight excluding hydrogens is 168 g/mol. The molecule has 0 saturated carbocycles. The van der Waals surface area contributed by atoms with Crippen LogP contribution in [0.25, 0.3) is 0 Å². The van der Waals surface area contributed by atoms with Crippen LogP contribution in [0, 0.1) is 0 Å². The first-order chi connectivity index (χ1) is 5.10. The highest BCUT2D eigenvalue weighted by molar-refractivity contribution is 6.69. The Kier molecular flexibility index (Phi) is 3.39. The molecule has 2 nitrogen and oxygen atoms in total. The Bertz CT molecular complexity index is 144. The summed E-state index contributed by atoms with van der Waals surface area (Å²) in [7, 11) is -1.54. The zero-order valence-electron chi connectivity index (χ0n) is 9.02. The summed E-state index contributed by atoms with van der Waals surface area (Å²) in [6.07, 6.45) is 0. The van der Waals surface area contributed by atoms with E-state index in [0.717, 1.165) is 0 Å². The largest absolute Gasteiger partial charge is 0.520 e. The molecule has 0 aromatic heterocycles. The number of hydrogen-bond donors (Lipinski definition) is 0. The van der Waals surface area contributed by atoms with Crippen LogP contribution < -0.4 is 0 Å². The Morgan fingerprint density at radius 1 is 1.17 bits per heavy atom. The molecule has 0 amide bonds. The predicted molar refractivity (Wildman–Crippen MR) is 54.4 cm³/mol. The van der Waals surface area contributed by atoms with Gasteiger partial charge in [-0.3, -0.25) is 0 Å². The van der Waals surface area contributed by atoms with Crippen LogP contribution in [0.2, 0.25) is 19.6 Å². The lowest BCUT2D eigenvalue weighted by Gasteiger charge is -2.27. The standard InChI is InChI=1S/C9H20O2Si/c1-8(10-9(2,3)4)11-12(5,6)7/h1H2,2-7H3. The highest BCUT2D eigenvalue weighted by Crippen LogP contribution is 2.16. The molecule has 0 fully saturated rings. The molecule has 0 heterocycles. The van der Waals surface area contributed by atoms with E-state index in [-0.39, 0.29) is 5.60 Å². The number of rotatable bonds is 3. The lowest BCUT2D eigenvalue weighted by Crippen LogP contribution is -2.28. The molecule has 0 aliphatic heterocycles. The fourth-order valence-corrected chi connectivity index (χ4v) is 1.43. The van der Waals surface area contributed by atoms with Crippen molar-refractivity contribution >= 4 is 8.32 Å². The van der Waals surface area contributed by atoms with Crippen molar-refractivity contribution < 1.29 is 9.16 Å². The van der Waals surface area contributed by atoms with Crippen molar-refractivity contribution in [2.24, 2.45) is 0 Å². The quantitative estimate of drug-likeness (QED) is 0.500. The smallest absolute Gasteiger partial charge is 0.258 e. The molecule has 0 N–H and O–H groups in total. The zero-order valence-corrected chi connectivity index (χ0v) is 10.0. The summed E-state index contributed by atoms with van der Waals surface area (Å²) in [4.78, 5) is 0. The summed E-state index contributed by atoms with van der Waals surface area (Å²) in [5.41, 5.74) is -0.212. The van der Waals surface area contributed by atoms with Gasteiger partial charge in [-0.25, -0.2) is 0 Å². The normalized spacial score (nSPS) is 12.5. The molecule has 72 valence electrons. The Morgan fingerprint density at radius 3 is 1.83 bits per heavy atom. The zero-order chi connectivity index (χ0) is 9.99. The van der Waals surface area contributed by atoms with E-state index in [0.29, 0.717) is 5.95 Å². The van der Waals surface area contributed by atoms with Crippen molar-refractivity contribution in [2.75, 3.05) is 0 Å². The van der Waals surface area contributed by atoms with Gasteiger partial charge in [-0.1, -0.05) is 0 Å². The summed E-state index contributed by atoms with van der Waals surface area (Å²) in [5.74, 6) is 0.446. The molecular formula is C9H20O2Si. The molecule has 12 heavy (non-hydrogen) atoms. The van der Waals surface area contributed by atoms with Gasteiger partial charge in [0.1, 0.15) is 5.60 Å². The van der Waals surface area contributed by atoms with Crippen LogP contribution in [0.15, 0.2) is 12.5 Å². The van der Waals surface area contributed by atoms with Crippen LogP contribution in [0.3, 0.4) is 0 Å². The maximum absolute atomic E-state index is 5.54. The third kappa shape index (κ3) is 7.66. The predicted octanol–water partition coefficient (Wildman–Crippen LogP) is 3.12. The van der Waals surface area contributed by atoms with Gasteiger partial charge in [0.25, 0.3) is 5.95 Å². The Balaban J connectivity index is 3.92. The lowest BCUT2D eigenvalue weighted by molar-refractivity contribution is -0.00684. The number of hydrogen-bond acceptors (Lipinski definition) is 2. The van der Waals surface area contributed by atoms with Crippen LogP contribution in [-0.4, -0.2) is 13.9 Å². The summed E-state index contributed by atoms with van der Waals surface area (Å²) >= 11 is 0. The van der Waals surface area contributed by atoms with Crippen molar-refractivity contribution in [2.45, 2.75) is 46.0 Å². The van der Waals surface area contributed by atoms with Gasteiger partial charge in [0.2, 0.25) is 8.32 Å². The van der Waals surface area contributed by atoms with Crippen LogP contribution in [0.1, 0.15) is 20.8 Å². The van der Waals surface area contributed by atoms with Gasteiger partial charge in [-0.05, 0) is 47.0 Å². The van der Waals surface area contributed by atoms with E-state index in [4.69, 9.17) is 9.16 Å². The van der Waals surface area contributed by atoms with E-state index in [1.54, 1.807) is 0 Å². The fourth-order valence-electron chi connectivity index (χ4n) is 0.704. The molecule has 0 saturated heterocycles. The van der Waals surface area contributed by atoms with Gasteiger partial charge in [0, 0.05) is 0 Å². The summed E-state index contributed by atoms with van der Waals surface area (Å²) in [5, 5.41) is 0. The second-order valence-electron chi connectivity index (χ2n) is 4.80. The molecule has 0 aliphatic rings. The van der Waals surface area contributed by atoms with Gasteiger partial charge in [-0.15, -0.1) is 0 Å². The average Bonchev–Trinajstić information content (AvgIpc) is 1.49. The van der Waals surface area contributed by atoms with Gasteiger partial charge in [0.05, 0.1) is 0 Å². The Labute approximate surface area is 76.7 Å². The molecule has 3 heteroatoms. The van der Waals surface area contributed by atoms with E-state index in [1.165, 1.54) is 0 Å². The Morgan fingerprint density at radius 2 is 1.58 bits per heavy atom. The molecule has 0 unspecified atom stereocenters. The molecule has 0 atom stereocenters. The highest BCUT2D eigenvalue weighted by Gasteiger charge is 2.20. The number of ether oxygens (including phenoxy) is 1. The molecule has 0 radical (unpaired) electrons. The first kappa shape index (κ1) is 11.6. The average molecular weight is 188 g/mol.